The minimum atomic E-state index is 0.0446. The zero-order chi connectivity index (χ0) is 38.2. The number of anilines is 6. The Morgan fingerprint density at radius 2 is 0.672 bits per heavy atom. The van der Waals surface area contributed by atoms with Crippen molar-refractivity contribution in [2.75, 3.05) is 9.80 Å². The SMILES string of the molecule is Oc1cccc(N2c3cccc4c3C3c5c(cccc5Oc5cccc2c53)O4)c1.Oc1ccccc1N1c2cccc3c2C2c4c(cccc4Oc4cccc1c42)O3. The van der Waals surface area contributed by atoms with Gasteiger partial charge in [0.15, 0.2) is 0 Å². The molecule has 8 aromatic rings. The second kappa shape index (κ2) is 11.4. The average Bonchev–Trinajstić information content (AvgIpc) is 3.25. The maximum absolute atomic E-state index is 10.7. The molecule has 6 heterocycles. The number of para-hydroxylation sites is 2. The van der Waals surface area contributed by atoms with Crippen LogP contribution >= 0.6 is 0 Å². The smallest absolute Gasteiger partial charge is 0.139 e. The second-order valence-electron chi connectivity index (χ2n) is 15.0. The van der Waals surface area contributed by atoms with E-state index in [0.717, 1.165) is 114 Å². The Hall–Kier alpha value is -7.84. The van der Waals surface area contributed by atoms with Gasteiger partial charge in [0.25, 0.3) is 0 Å². The lowest BCUT2D eigenvalue weighted by Gasteiger charge is -2.43. The summed E-state index contributed by atoms with van der Waals surface area (Å²) in [4.78, 5) is 4.29. The molecule has 2 N–H and O–H groups in total. The normalized spacial score (nSPS) is 14.7. The van der Waals surface area contributed by atoms with E-state index in [0.29, 0.717) is 0 Å². The molecule has 14 rings (SSSR count). The number of phenolic OH excluding ortho intramolecular Hbond substituents is 2. The summed E-state index contributed by atoms with van der Waals surface area (Å²) in [5.41, 5.74) is 12.4. The molecular weight excluding hydrogens is 725 g/mol. The Morgan fingerprint density at radius 1 is 0.328 bits per heavy atom. The van der Waals surface area contributed by atoms with Crippen molar-refractivity contribution in [3.8, 4) is 57.5 Å². The molecule has 6 aliphatic rings. The zero-order valence-corrected chi connectivity index (χ0v) is 30.6. The molecule has 6 aliphatic heterocycles. The fourth-order valence-electron chi connectivity index (χ4n) is 9.82. The van der Waals surface area contributed by atoms with Crippen LogP contribution in [0.4, 0.5) is 34.1 Å². The molecule has 8 aromatic carbocycles. The number of benzene rings is 8. The van der Waals surface area contributed by atoms with Crippen LogP contribution in [0.15, 0.2) is 158 Å². The average molecular weight is 755 g/mol. The summed E-state index contributed by atoms with van der Waals surface area (Å²) >= 11 is 0. The van der Waals surface area contributed by atoms with Crippen molar-refractivity contribution in [2.45, 2.75) is 11.8 Å². The monoisotopic (exact) mass is 754 g/mol. The van der Waals surface area contributed by atoms with Gasteiger partial charge in [-0.2, -0.15) is 0 Å². The van der Waals surface area contributed by atoms with Gasteiger partial charge in [-0.1, -0.05) is 54.6 Å². The molecule has 0 fully saturated rings. The predicted molar refractivity (Wildman–Crippen MR) is 221 cm³/mol. The van der Waals surface area contributed by atoms with E-state index in [1.165, 1.54) is 0 Å². The van der Waals surface area contributed by atoms with Crippen LogP contribution in [0.25, 0.3) is 0 Å². The van der Waals surface area contributed by atoms with Gasteiger partial charge in [0.2, 0.25) is 0 Å². The molecule has 0 unspecified atom stereocenters. The molecule has 0 atom stereocenters. The molecule has 276 valence electrons. The van der Waals surface area contributed by atoms with Gasteiger partial charge in [0.05, 0.1) is 40.3 Å². The molecule has 8 heteroatoms. The van der Waals surface area contributed by atoms with Crippen LogP contribution in [0.5, 0.6) is 57.5 Å². The lowest BCUT2D eigenvalue weighted by Crippen LogP contribution is -2.27. The van der Waals surface area contributed by atoms with Crippen molar-refractivity contribution in [2.24, 2.45) is 0 Å². The van der Waals surface area contributed by atoms with Gasteiger partial charge in [-0.05, 0) is 97.1 Å². The Balaban J connectivity index is 0.000000121. The van der Waals surface area contributed by atoms with E-state index >= 15 is 0 Å². The number of rotatable bonds is 2. The number of hydrogen-bond acceptors (Lipinski definition) is 8. The van der Waals surface area contributed by atoms with Gasteiger partial charge in [0.1, 0.15) is 57.5 Å². The Kier molecular flexibility index (Phi) is 6.15. The summed E-state index contributed by atoms with van der Waals surface area (Å²) in [6.07, 6.45) is 0. The van der Waals surface area contributed by atoms with E-state index in [1.807, 2.05) is 115 Å². The fourth-order valence-corrected chi connectivity index (χ4v) is 9.82. The molecule has 0 saturated carbocycles. The summed E-state index contributed by atoms with van der Waals surface area (Å²) in [7, 11) is 0. The van der Waals surface area contributed by atoms with Gasteiger partial charge >= 0.3 is 0 Å². The van der Waals surface area contributed by atoms with Crippen molar-refractivity contribution in [3.05, 3.63) is 191 Å². The summed E-state index contributed by atoms with van der Waals surface area (Å²) in [6.45, 7) is 0. The van der Waals surface area contributed by atoms with Gasteiger partial charge in [-0.3, -0.25) is 0 Å². The first-order chi connectivity index (χ1) is 28.6. The first-order valence-corrected chi connectivity index (χ1v) is 19.3. The summed E-state index contributed by atoms with van der Waals surface area (Å²) < 4.78 is 25.2. The van der Waals surface area contributed by atoms with E-state index < -0.39 is 0 Å². The quantitative estimate of drug-likeness (QED) is 0.180. The molecule has 0 spiro atoms. The van der Waals surface area contributed by atoms with Crippen molar-refractivity contribution >= 4 is 34.1 Å². The first-order valence-electron chi connectivity index (χ1n) is 19.3. The summed E-state index contributed by atoms with van der Waals surface area (Å²) in [6, 6.07) is 51.3. The van der Waals surface area contributed by atoms with Crippen LogP contribution < -0.4 is 28.7 Å². The van der Waals surface area contributed by atoms with E-state index in [1.54, 1.807) is 18.2 Å². The van der Waals surface area contributed by atoms with Crippen LogP contribution in [0.3, 0.4) is 0 Å². The highest BCUT2D eigenvalue weighted by Gasteiger charge is 2.46. The van der Waals surface area contributed by atoms with Crippen LogP contribution in [0.1, 0.15) is 45.2 Å². The maximum Gasteiger partial charge on any atom is 0.139 e. The third-order valence-electron chi connectivity index (χ3n) is 12.0. The molecule has 0 aromatic heterocycles. The Morgan fingerprint density at radius 3 is 1.09 bits per heavy atom. The molecule has 0 saturated heterocycles. The van der Waals surface area contributed by atoms with Crippen LogP contribution in [-0.2, 0) is 0 Å². The molecule has 0 amide bonds. The molecule has 0 bridgehead atoms. The maximum atomic E-state index is 10.7. The third-order valence-corrected chi connectivity index (χ3v) is 12.0. The Labute approximate surface area is 332 Å². The molecule has 8 nitrogen and oxygen atoms in total. The molecule has 0 aliphatic carbocycles. The topological polar surface area (TPSA) is 83.9 Å². The van der Waals surface area contributed by atoms with E-state index in [9.17, 15) is 10.2 Å². The third kappa shape index (κ3) is 4.12. The lowest BCUT2D eigenvalue weighted by atomic mass is 9.76. The van der Waals surface area contributed by atoms with Gasteiger partial charge in [-0.25, -0.2) is 0 Å². The second-order valence-corrected chi connectivity index (χ2v) is 15.0. The van der Waals surface area contributed by atoms with Crippen molar-refractivity contribution < 1.29 is 29.2 Å². The highest BCUT2D eigenvalue weighted by atomic mass is 16.5. The van der Waals surface area contributed by atoms with Gasteiger partial charge in [0, 0.05) is 45.1 Å². The standard InChI is InChI=1S/2C25H15NO3/c27-15-6-1-5-14(13-15)26-16-7-2-9-18-22(16)25-23-17(26)8-3-10-19(23)29-21-12-4-11-20(28-18)24(21)25;27-17-9-2-1-6-14(17)26-15-7-3-10-18-22(15)25-23-16(26)8-4-11-19(23)29-21-13-5-12-20(28-18)24(21)25/h2*1-13,25,27H. The largest absolute Gasteiger partial charge is 0.508 e. The summed E-state index contributed by atoms with van der Waals surface area (Å²) in [5, 5.41) is 20.8. The summed E-state index contributed by atoms with van der Waals surface area (Å²) in [5.74, 6) is 7.39. The molecule has 0 radical (unpaired) electrons. The molecule has 58 heavy (non-hydrogen) atoms. The van der Waals surface area contributed by atoms with E-state index in [2.05, 4.69) is 34.1 Å². The number of aromatic hydroxyl groups is 2. The first kappa shape index (κ1) is 31.4. The number of ether oxygens (including phenoxy) is 4. The van der Waals surface area contributed by atoms with Crippen LogP contribution in [0.2, 0.25) is 0 Å². The minimum absolute atomic E-state index is 0.0446. The lowest BCUT2D eigenvalue weighted by molar-refractivity contribution is 0.408. The van der Waals surface area contributed by atoms with Crippen LogP contribution in [-0.4, -0.2) is 10.2 Å². The van der Waals surface area contributed by atoms with Crippen molar-refractivity contribution in [1.29, 1.82) is 0 Å². The minimum Gasteiger partial charge on any atom is -0.508 e. The number of nitrogens with zero attached hydrogens (tertiary/aromatic N) is 2. The Bertz CT molecular complexity index is 2950. The van der Waals surface area contributed by atoms with Crippen molar-refractivity contribution in [1.82, 2.24) is 0 Å². The van der Waals surface area contributed by atoms with Gasteiger partial charge < -0.3 is 39.0 Å². The van der Waals surface area contributed by atoms with E-state index in [-0.39, 0.29) is 23.3 Å². The van der Waals surface area contributed by atoms with Crippen LogP contribution in [0, 0.1) is 0 Å². The zero-order valence-electron chi connectivity index (χ0n) is 30.6. The molecular formula is C50H30N2O6. The fraction of sp³-hybridized carbons (Fsp3) is 0.0400. The predicted octanol–water partition coefficient (Wildman–Crippen LogP) is 13.1. The van der Waals surface area contributed by atoms with Crippen molar-refractivity contribution in [3.63, 3.8) is 0 Å². The highest BCUT2D eigenvalue weighted by molar-refractivity contribution is 5.93. The number of hydrogen-bond donors (Lipinski definition) is 2. The van der Waals surface area contributed by atoms with E-state index in [4.69, 9.17) is 18.9 Å². The number of phenols is 2. The van der Waals surface area contributed by atoms with Gasteiger partial charge in [-0.15, -0.1) is 0 Å². The highest BCUT2D eigenvalue weighted by Crippen LogP contribution is 2.66.